The minimum absolute atomic E-state index is 0.211. The molecule has 1 heterocycles. The fourth-order valence-electron chi connectivity index (χ4n) is 2.34. The smallest absolute Gasteiger partial charge is 0.133 e. The van der Waals surface area contributed by atoms with Gasteiger partial charge in [-0.2, -0.15) is 0 Å². The van der Waals surface area contributed by atoms with E-state index >= 15 is 0 Å². The number of hydrogen-bond donors (Lipinski definition) is 2. The van der Waals surface area contributed by atoms with Gasteiger partial charge in [-0.3, -0.25) is 0 Å². The van der Waals surface area contributed by atoms with Crippen LogP contribution in [0.4, 0.5) is 11.6 Å². The van der Waals surface area contributed by atoms with Crippen LogP contribution in [0, 0.1) is 0 Å². The summed E-state index contributed by atoms with van der Waals surface area (Å²) in [5, 5.41) is 12.3. The van der Waals surface area contributed by atoms with Crippen molar-refractivity contribution >= 4 is 11.6 Å². The molecule has 2 N–H and O–H groups in total. The third-order valence-corrected chi connectivity index (χ3v) is 3.40. The summed E-state index contributed by atoms with van der Waals surface area (Å²) in [5.41, 5.74) is 0. The first-order valence-electron chi connectivity index (χ1n) is 6.70. The first kappa shape index (κ1) is 13.1. The summed E-state index contributed by atoms with van der Waals surface area (Å²) in [5.74, 6) is 1.81. The van der Waals surface area contributed by atoms with Gasteiger partial charge in [0.2, 0.25) is 0 Å². The molecule has 1 saturated carbocycles. The molecule has 0 aliphatic heterocycles. The predicted molar refractivity (Wildman–Crippen MR) is 72.9 cm³/mol. The molecule has 0 radical (unpaired) electrons. The van der Waals surface area contributed by atoms with Crippen LogP contribution in [0.15, 0.2) is 12.4 Å². The van der Waals surface area contributed by atoms with Gasteiger partial charge >= 0.3 is 0 Å². The zero-order chi connectivity index (χ0) is 12.8. The molecule has 5 nitrogen and oxygen atoms in total. The number of anilines is 2. The van der Waals surface area contributed by atoms with Crippen LogP contribution in [0.5, 0.6) is 0 Å². The van der Waals surface area contributed by atoms with Crippen LogP contribution in [0.1, 0.15) is 32.1 Å². The summed E-state index contributed by atoms with van der Waals surface area (Å²) in [6, 6.07) is 2.55. The summed E-state index contributed by atoms with van der Waals surface area (Å²) < 4.78 is 0. The molecule has 1 aliphatic rings. The van der Waals surface area contributed by atoms with Crippen LogP contribution in [-0.4, -0.2) is 41.3 Å². The van der Waals surface area contributed by atoms with Crippen molar-refractivity contribution < 1.29 is 5.11 Å². The second kappa shape index (κ2) is 6.54. The van der Waals surface area contributed by atoms with E-state index in [9.17, 15) is 0 Å². The molecule has 0 aromatic carbocycles. The molecular weight excluding hydrogens is 228 g/mol. The van der Waals surface area contributed by atoms with Gasteiger partial charge in [-0.1, -0.05) is 12.8 Å². The molecule has 0 unspecified atom stereocenters. The second-order valence-corrected chi connectivity index (χ2v) is 4.89. The van der Waals surface area contributed by atoms with Gasteiger partial charge in [0.05, 0.1) is 0 Å². The molecule has 1 aromatic heterocycles. The van der Waals surface area contributed by atoms with E-state index in [2.05, 4.69) is 15.3 Å². The second-order valence-electron chi connectivity index (χ2n) is 4.89. The zero-order valence-electron chi connectivity index (χ0n) is 11.0. The van der Waals surface area contributed by atoms with Gasteiger partial charge in [-0.05, 0) is 19.3 Å². The van der Waals surface area contributed by atoms with E-state index in [-0.39, 0.29) is 6.61 Å². The standard InChI is InChI=1S/C13H22N4O/c1-17(7-4-8-18)13-9-12(14-10-15-13)16-11-5-2-3-6-11/h9-11,18H,2-8H2,1H3,(H,14,15,16). The van der Waals surface area contributed by atoms with E-state index in [1.165, 1.54) is 25.7 Å². The number of aliphatic hydroxyl groups excluding tert-OH is 1. The van der Waals surface area contributed by atoms with Crippen LogP contribution in [0.2, 0.25) is 0 Å². The number of aromatic nitrogens is 2. The Hall–Kier alpha value is -1.36. The highest BCUT2D eigenvalue weighted by Crippen LogP contribution is 2.22. The Morgan fingerprint density at radius 1 is 1.39 bits per heavy atom. The van der Waals surface area contributed by atoms with E-state index in [4.69, 9.17) is 5.11 Å². The zero-order valence-corrected chi connectivity index (χ0v) is 11.0. The maximum atomic E-state index is 8.83. The lowest BCUT2D eigenvalue weighted by Crippen LogP contribution is -2.21. The van der Waals surface area contributed by atoms with Gasteiger partial charge in [0.1, 0.15) is 18.0 Å². The Bertz CT molecular complexity index is 366. The highest BCUT2D eigenvalue weighted by molar-refractivity contribution is 5.48. The van der Waals surface area contributed by atoms with Gasteiger partial charge in [-0.15, -0.1) is 0 Å². The maximum Gasteiger partial charge on any atom is 0.133 e. The first-order valence-corrected chi connectivity index (χ1v) is 6.70. The normalized spacial score (nSPS) is 15.9. The number of hydrogen-bond acceptors (Lipinski definition) is 5. The quantitative estimate of drug-likeness (QED) is 0.804. The Morgan fingerprint density at radius 3 is 2.89 bits per heavy atom. The van der Waals surface area contributed by atoms with Gasteiger partial charge < -0.3 is 15.3 Å². The molecule has 1 aromatic rings. The summed E-state index contributed by atoms with van der Waals surface area (Å²) >= 11 is 0. The molecule has 100 valence electrons. The maximum absolute atomic E-state index is 8.83. The lowest BCUT2D eigenvalue weighted by atomic mass is 10.2. The fourth-order valence-corrected chi connectivity index (χ4v) is 2.34. The molecular formula is C13H22N4O. The van der Waals surface area contributed by atoms with Crippen molar-refractivity contribution in [2.75, 3.05) is 30.4 Å². The topological polar surface area (TPSA) is 61.3 Å². The SMILES string of the molecule is CN(CCCO)c1cc(NC2CCCC2)ncn1. The van der Waals surface area contributed by atoms with E-state index in [0.717, 1.165) is 24.6 Å². The lowest BCUT2D eigenvalue weighted by Gasteiger charge is -2.19. The molecule has 0 atom stereocenters. The van der Waals surface area contributed by atoms with Crippen LogP contribution in [0.25, 0.3) is 0 Å². The summed E-state index contributed by atoms with van der Waals surface area (Å²) in [6.45, 7) is 1.01. The fraction of sp³-hybridized carbons (Fsp3) is 0.692. The minimum Gasteiger partial charge on any atom is -0.396 e. The predicted octanol–water partition coefficient (Wildman–Crippen LogP) is 1.65. The van der Waals surface area contributed by atoms with E-state index in [0.29, 0.717) is 6.04 Å². The average molecular weight is 250 g/mol. The van der Waals surface area contributed by atoms with E-state index < -0.39 is 0 Å². The van der Waals surface area contributed by atoms with Crippen molar-refractivity contribution in [3.05, 3.63) is 12.4 Å². The number of aliphatic hydroxyl groups is 1. The lowest BCUT2D eigenvalue weighted by molar-refractivity contribution is 0.290. The molecule has 0 saturated heterocycles. The molecule has 1 fully saturated rings. The highest BCUT2D eigenvalue weighted by atomic mass is 16.3. The number of nitrogens with one attached hydrogen (secondary N) is 1. The number of rotatable bonds is 6. The Labute approximate surface area is 108 Å². The minimum atomic E-state index is 0.211. The van der Waals surface area contributed by atoms with Crippen LogP contribution < -0.4 is 10.2 Å². The molecule has 0 amide bonds. The molecule has 5 heteroatoms. The Balaban J connectivity index is 1.95. The van der Waals surface area contributed by atoms with Gasteiger partial charge in [0, 0.05) is 32.3 Å². The van der Waals surface area contributed by atoms with E-state index in [1.807, 2.05) is 18.0 Å². The molecule has 1 aliphatic carbocycles. The highest BCUT2D eigenvalue weighted by Gasteiger charge is 2.15. The summed E-state index contributed by atoms with van der Waals surface area (Å²) in [7, 11) is 1.98. The largest absolute Gasteiger partial charge is 0.396 e. The van der Waals surface area contributed by atoms with Gasteiger partial charge in [0.25, 0.3) is 0 Å². The third-order valence-electron chi connectivity index (χ3n) is 3.40. The van der Waals surface area contributed by atoms with Crippen molar-refractivity contribution in [1.29, 1.82) is 0 Å². The molecule has 18 heavy (non-hydrogen) atoms. The molecule has 2 rings (SSSR count). The Kier molecular flexibility index (Phi) is 4.75. The molecule has 0 bridgehead atoms. The van der Waals surface area contributed by atoms with Crippen LogP contribution >= 0.6 is 0 Å². The Morgan fingerprint density at radius 2 is 2.17 bits per heavy atom. The van der Waals surface area contributed by atoms with Crippen molar-refractivity contribution in [2.45, 2.75) is 38.1 Å². The summed E-state index contributed by atoms with van der Waals surface area (Å²) in [6.07, 6.45) is 7.45. The number of nitrogens with zero attached hydrogens (tertiary/aromatic N) is 3. The van der Waals surface area contributed by atoms with Gasteiger partial charge in [-0.25, -0.2) is 9.97 Å². The van der Waals surface area contributed by atoms with Crippen molar-refractivity contribution in [1.82, 2.24) is 9.97 Å². The van der Waals surface area contributed by atoms with Crippen molar-refractivity contribution in [3.8, 4) is 0 Å². The summed E-state index contributed by atoms with van der Waals surface area (Å²) in [4.78, 5) is 10.6. The monoisotopic (exact) mass is 250 g/mol. The van der Waals surface area contributed by atoms with Crippen molar-refractivity contribution in [3.63, 3.8) is 0 Å². The average Bonchev–Trinajstić information content (AvgIpc) is 2.89. The van der Waals surface area contributed by atoms with Crippen LogP contribution in [-0.2, 0) is 0 Å². The third kappa shape index (κ3) is 3.57. The molecule has 0 spiro atoms. The first-order chi connectivity index (χ1) is 8.79. The van der Waals surface area contributed by atoms with E-state index in [1.54, 1.807) is 6.33 Å². The van der Waals surface area contributed by atoms with Crippen LogP contribution in [0.3, 0.4) is 0 Å². The van der Waals surface area contributed by atoms with Gasteiger partial charge in [0.15, 0.2) is 0 Å². The van der Waals surface area contributed by atoms with Crippen molar-refractivity contribution in [2.24, 2.45) is 0 Å².